The van der Waals surface area contributed by atoms with E-state index < -0.39 is 0 Å². The molecule has 1 aliphatic rings. The molecule has 2 N–H and O–H groups in total. The third kappa shape index (κ3) is 3.72. The zero-order chi connectivity index (χ0) is 18.6. The number of ether oxygens (including phenoxy) is 2. The smallest absolute Gasteiger partial charge is 0.274 e. The van der Waals surface area contributed by atoms with Gasteiger partial charge in [-0.2, -0.15) is 0 Å². The molecule has 0 fully saturated rings. The summed E-state index contributed by atoms with van der Waals surface area (Å²) in [7, 11) is 0. The molecule has 0 unspecified atom stereocenters. The van der Waals surface area contributed by atoms with Crippen LogP contribution in [-0.2, 0) is 0 Å². The number of carbonyl (C=O) groups excluding carboxylic acids is 2. The maximum Gasteiger partial charge on any atom is 0.274 e. The van der Waals surface area contributed by atoms with Crippen LogP contribution >= 0.6 is 0 Å². The SMILES string of the molecule is O=C(Nc1cccc(NC(=O)c2ccccn2)c1)c1ccc2c(c1)OCO2. The van der Waals surface area contributed by atoms with Crippen molar-refractivity contribution < 1.29 is 19.1 Å². The Morgan fingerprint density at radius 2 is 1.59 bits per heavy atom. The Balaban J connectivity index is 1.46. The van der Waals surface area contributed by atoms with Crippen LogP contribution in [0.4, 0.5) is 11.4 Å². The van der Waals surface area contributed by atoms with Crippen LogP contribution in [0.5, 0.6) is 11.5 Å². The molecule has 0 saturated heterocycles. The third-order valence-electron chi connectivity index (χ3n) is 3.91. The van der Waals surface area contributed by atoms with Gasteiger partial charge in [0.2, 0.25) is 6.79 Å². The van der Waals surface area contributed by atoms with Gasteiger partial charge in [0.15, 0.2) is 11.5 Å². The van der Waals surface area contributed by atoms with Crippen molar-refractivity contribution in [3.8, 4) is 11.5 Å². The van der Waals surface area contributed by atoms with Crippen LogP contribution in [0.15, 0.2) is 66.9 Å². The molecular formula is C20H15N3O4. The lowest BCUT2D eigenvalue weighted by atomic mass is 10.2. The summed E-state index contributed by atoms with van der Waals surface area (Å²) in [5.74, 6) is 0.543. The van der Waals surface area contributed by atoms with Gasteiger partial charge < -0.3 is 20.1 Å². The Morgan fingerprint density at radius 3 is 2.37 bits per heavy atom. The second kappa shape index (κ2) is 7.17. The van der Waals surface area contributed by atoms with E-state index in [9.17, 15) is 9.59 Å². The van der Waals surface area contributed by atoms with Crippen molar-refractivity contribution in [2.45, 2.75) is 0 Å². The number of amides is 2. The van der Waals surface area contributed by atoms with Gasteiger partial charge in [0.1, 0.15) is 5.69 Å². The van der Waals surface area contributed by atoms with Crippen molar-refractivity contribution in [3.05, 3.63) is 78.1 Å². The topological polar surface area (TPSA) is 89.6 Å². The first-order chi connectivity index (χ1) is 13.2. The highest BCUT2D eigenvalue weighted by Crippen LogP contribution is 2.32. The minimum absolute atomic E-state index is 0.151. The quantitative estimate of drug-likeness (QED) is 0.744. The number of carbonyl (C=O) groups is 2. The van der Waals surface area contributed by atoms with Crippen LogP contribution in [0.2, 0.25) is 0 Å². The molecule has 0 radical (unpaired) electrons. The highest BCUT2D eigenvalue weighted by molar-refractivity contribution is 6.06. The molecule has 134 valence electrons. The van der Waals surface area contributed by atoms with Crippen LogP contribution in [0.25, 0.3) is 0 Å². The Bertz CT molecular complexity index is 1010. The lowest BCUT2D eigenvalue weighted by molar-refractivity contribution is 0.101. The molecule has 7 nitrogen and oxygen atoms in total. The largest absolute Gasteiger partial charge is 0.454 e. The number of rotatable bonds is 4. The first kappa shape index (κ1) is 16.6. The molecule has 1 aliphatic heterocycles. The summed E-state index contributed by atoms with van der Waals surface area (Å²) >= 11 is 0. The zero-order valence-electron chi connectivity index (χ0n) is 14.1. The highest BCUT2D eigenvalue weighted by Gasteiger charge is 2.16. The zero-order valence-corrected chi connectivity index (χ0v) is 14.1. The number of benzene rings is 2. The number of nitrogens with zero attached hydrogens (tertiary/aromatic N) is 1. The molecule has 1 aromatic heterocycles. The van der Waals surface area contributed by atoms with Gasteiger partial charge >= 0.3 is 0 Å². The number of pyridine rings is 1. The van der Waals surface area contributed by atoms with Gasteiger partial charge in [0, 0.05) is 23.1 Å². The van der Waals surface area contributed by atoms with Crippen molar-refractivity contribution in [2.75, 3.05) is 17.4 Å². The fraction of sp³-hybridized carbons (Fsp3) is 0.0500. The molecule has 0 saturated carbocycles. The van der Waals surface area contributed by atoms with Crippen LogP contribution in [0.3, 0.4) is 0 Å². The number of aromatic nitrogens is 1. The molecular weight excluding hydrogens is 346 g/mol. The third-order valence-corrected chi connectivity index (χ3v) is 3.91. The second-order valence-corrected chi connectivity index (χ2v) is 5.77. The molecule has 7 heteroatoms. The second-order valence-electron chi connectivity index (χ2n) is 5.77. The minimum Gasteiger partial charge on any atom is -0.454 e. The summed E-state index contributed by atoms with van der Waals surface area (Å²) in [5.41, 5.74) is 1.86. The molecule has 0 spiro atoms. The van der Waals surface area contributed by atoms with Gasteiger partial charge in [-0.3, -0.25) is 14.6 Å². The van der Waals surface area contributed by atoms with E-state index in [2.05, 4.69) is 15.6 Å². The lowest BCUT2D eigenvalue weighted by Crippen LogP contribution is -2.14. The maximum absolute atomic E-state index is 12.5. The number of nitrogens with one attached hydrogen (secondary N) is 2. The Kier molecular flexibility index (Phi) is 4.40. The molecule has 0 bridgehead atoms. The van der Waals surface area contributed by atoms with E-state index in [1.165, 1.54) is 0 Å². The van der Waals surface area contributed by atoms with E-state index in [0.717, 1.165) is 0 Å². The Labute approximate surface area is 155 Å². The van der Waals surface area contributed by atoms with E-state index in [1.807, 2.05) is 0 Å². The van der Waals surface area contributed by atoms with Crippen molar-refractivity contribution in [1.29, 1.82) is 0 Å². The molecule has 0 aliphatic carbocycles. The van der Waals surface area contributed by atoms with Crippen LogP contribution < -0.4 is 20.1 Å². The van der Waals surface area contributed by atoms with Crippen molar-refractivity contribution >= 4 is 23.2 Å². The molecule has 0 atom stereocenters. The van der Waals surface area contributed by atoms with E-state index in [1.54, 1.807) is 66.9 Å². The van der Waals surface area contributed by atoms with Crippen LogP contribution in [0, 0.1) is 0 Å². The summed E-state index contributed by atoms with van der Waals surface area (Å²) in [6.45, 7) is 0.151. The molecule has 27 heavy (non-hydrogen) atoms. The summed E-state index contributed by atoms with van der Waals surface area (Å²) in [6.07, 6.45) is 1.55. The van der Waals surface area contributed by atoms with Crippen molar-refractivity contribution in [1.82, 2.24) is 4.98 Å². The maximum atomic E-state index is 12.5. The molecule has 3 aromatic rings. The average molecular weight is 361 g/mol. The monoisotopic (exact) mass is 361 g/mol. The minimum atomic E-state index is -0.324. The average Bonchev–Trinajstić information content (AvgIpc) is 3.16. The fourth-order valence-electron chi connectivity index (χ4n) is 2.61. The first-order valence-electron chi connectivity index (χ1n) is 8.22. The number of hydrogen-bond donors (Lipinski definition) is 2. The predicted octanol–water partition coefficient (Wildman–Crippen LogP) is 3.31. The van der Waals surface area contributed by atoms with Crippen LogP contribution in [0.1, 0.15) is 20.8 Å². The molecule has 2 aromatic carbocycles. The van der Waals surface area contributed by atoms with Crippen molar-refractivity contribution in [3.63, 3.8) is 0 Å². The van der Waals surface area contributed by atoms with Gasteiger partial charge in [-0.15, -0.1) is 0 Å². The van der Waals surface area contributed by atoms with E-state index >= 15 is 0 Å². The Morgan fingerprint density at radius 1 is 0.815 bits per heavy atom. The van der Waals surface area contributed by atoms with E-state index in [4.69, 9.17) is 9.47 Å². The standard InChI is InChI=1S/C20H15N3O4/c24-19(13-7-8-17-18(10-13)27-12-26-17)22-14-4-3-5-15(11-14)23-20(25)16-6-1-2-9-21-16/h1-11H,12H2,(H,22,24)(H,23,25). The van der Waals surface area contributed by atoms with Gasteiger partial charge in [-0.25, -0.2) is 0 Å². The molecule has 4 rings (SSSR count). The summed E-state index contributed by atoms with van der Waals surface area (Å²) in [6, 6.07) is 17.0. The van der Waals surface area contributed by atoms with E-state index in [-0.39, 0.29) is 18.6 Å². The summed E-state index contributed by atoms with van der Waals surface area (Å²) in [4.78, 5) is 28.7. The number of fused-ring (bicyclic) bond motifs is 1. The van der Waals surface area contributed by atoms with Crippen molar-refractivity contribution in [2.24, 2.45) is 0 Å². The van der Waals surface area contributed by atoms with E-state index in [0.29, 0.717) is 34.1 Å². The van der Waals surface area contributed by atoms with Gasteiger partial charge in [-0.1, -0.05) is 12.1 Å². The first-order valence-corrected chi connectivity index (χ1v) is 8.22. The summed E-state index contributed by atoms with van der Waals surface area (Å²) in [5, 5.41) is 5.56. The highest BCUT2D eigenvalue weighted by atomic mass is 16.7. The van der Waals surface area contributed by atoms with Gasteiger partial charge in [-0.05, 0) is 48.5 Å². The van der Waals surface area contributed by atoms with Gasteiger partial charge in [0.05, 0.1) is 0 Å². The predicted molar refractivity (Wildman–Crippen MR) is 99.2 cm³/mol. The number of anilines is 2. The van der Waals surface area contributed by atoms with Crippen LogP contribution in [-0.4, -0.2) is 23.6 Å². The normalized spacial score (nSPS) is 11.7. The Hall–Kier alpha value is -3.87. The molecule has 2 amide bonds. The van der Waals surface area contributed by atoms with Gasteiger partial charge in [0.25, 0.3) is 11.8 Å². The fourth-order valence-corrected chi connectivity index (χ4v) is 2.61. The molecule has 2 heterocycles. The lowest BCUT2D eigenvalue weighted by Gasteiger charge is -2.09. The summed E-state index contributed by atoms with van der Waals surface area (Å²) < 4.78 is 10.5. The number of hydrogen-bond acceptors (Lipinski definition) is 5.